The van der Waals surface area contributed by atoms with Crippen molar-refractivity contribution in [3.63, 3.8) is 0 Å². The molecule has 0 radical (unpaired) electrons. The maximum absolute atomic E-state index is 5.57. The lowest BCUT2D eigenvalue weighted by atomic mass is 10.8. The minimum atomic E-state index is -2.46. The van der Waals surface area contributed by atoms with Crippen LogP contribution in [0.4, 0.5) is 0 Å². The first-order valence-corrected chi connectivity index (χ1v) is 8.54. The number of halogens is 4. The van der Waals surface area contributed by atoms with Crippen LogP contribution in [-0.4, -0.2) is 25.1 Å². The van der Waals surface area contributed by atoms with E-state index in [4.69, 9.17) is 49.6 Å². The second kappa shape index (κ2) is 5.92. The molecular formula is C4H8Cl4OSi. The van der Waals surface area contributed by atoms with Gasteiger partial charge in [0.15, 0.2) is 0 Å². The molecule has 6 heteroatoms. The summed E-state index contributed by atoms with van der Waals surface area (Å²) < 4.78 is 5.01. The third kappa shape index (κ3) is 9.34. The van der Waals surface area contributed by atoms with Crippen molar-refractivity contribution in [2.75, 3.05) is 19.1 Å². The molecule has 0 aliphatic rings. The SMILES string of the molecule is ClCCOCC[Si](Cl)(Cl)Cl. The lowest BCUT2D eigenvalue weighted by molar-refractivity contribution is 0.163. The van der Waals surface area contributed by atoms with Crippen LogP contribution >= 0.6 is 44.8 Å². The van der Waals surface area contributed by atoms with Crippen LogP contribution in [-0.2, 0) is 4.74 Å². The molecule has 62 valence electrons. The molecule has 0 aromatic carbocycles. The number of alkyl halides is 1. The summed E-state index contributed by atoms with van der Waals surface area (Å²) in [5.74, 6) is 0.488. The van der Waals surface area contributed by atoms with Gasteiger partial charge in [-0.1, -0.05) is 0 Å². The molecule has 0 heterocycles. The molecule has 0 spiro atoms. The Hall–Kier alpha value is 1.34. The Morgan fingerprint density at radius 2 is 1.70 bits per heavy atom. The Morgan fingerprint density at radius 3 is 2.10 bits per heavy atom. The molecule has 10 heavy (non-hydrogen) atoms. The van der Waals surface area contributed by atoms with Gasteiger partial charge in [-0.3, -0.25) is 0 Å². The first kappa shape index (κ1) is 11.3. The van der Waals surface area contributed by atoms with Crippen molar-refractivity contribution >= 4 is 50.8 Å². The average Bonchev–Trinajstić information content (AvgIpc) is 1.78. The highest BCUT2D eigenvalue weighted by molar-refractivity contribution is 7.64. The Labute approximate surface area is 80.7 Å². The van der Waals surface area contributed by atoms with E-state index in [-0.39, 0.29) is 0 Å². The zero-order valence-electron chi connectivity index (χ0n) is 5.25. The van der Waals surface area contributed by atoms with Gasteiger partial charge < -0.3 is 4.74 Å². The predicted octanol–water partition coefficient (Wildman–Crippen LogP) is 2.90. The summed E-state index contributed by atoms with van der Waals surface area (Å²) in [6.07, 6.45) is 0. The smallest absolute Gasteiger partial charge is 0.343 e. The van der Waals surface area contributed by atoms with Crippen LogP contribution in [0.1, 0.15) is 0 Å². The second-order valence-corrected chi connectivity index (χ2v) is 11.3. The van der Waals surface area contributed by atoms with Gasteiger partial charge >= 0.3 is 6.00 Å². The Balaban J connectivity index is 3.04. The summed E-state index contributed by atoms with van der Waals surface area (Å²) >= 11 is 22.0. The summed E-state index contributed by atoms with van der Waals surface area (Å²) in [6.45, 7) is 1.02. The largest absolute Gasteiger partial charge is 0.380 e. The Kier molecular flexibility index (Phi) is 6.71. The summed E-state index contributed by atoms with van der Waals surface area (Å²) in [5.41, 5.74) is 0. The van der Waals surface area contributed by atoms with Crippen LogP contribution in [0.2, 0.25) is 6.04 Å². The number of hydrogen-bond acceptors (Lipinski definition) is 1. The van der Waals surface area contributed by atoms with Crippen molar-refractivity contribution in [1.82, 2.24) is 0 Å². The van der Waals surface area contributed by atoms with Gasteiger partial charge in [-0.05, 0) is 0 Å². The number of ether oxygens (including phenoxy) is 1. The first-order chi connectivity index (χ1) is 4.56. The summed E-state index contributed by atoms with van der Waals surface area (Å²) in [5, 5.41) is 0. The van der Waals surface area contributed by atoms with Gasteiger partial charge in [0.25, 0.3) is 0 Å². The molecular weight excluding hydrogens is 234 g/mol. The van der Waals surface area contributed by atoms with E-state index in [0.717, 1.165) is 0 Å². The van der Waals surface area contributed by atoms with Gasteiger partial charge in [0.05, 0.1) is 6.61 Å². The fourth-order valence-electron chi connectivity index (χ4n) is 0.345. The summed E-state index contributed by atoms with van der Waals surface area (Å²) in [7, 11) is 0. The van der Waals surface area contributed by atoms with Gasteiger partial charge in [-0.25, -0.2) is 0 Å². The monoisotopic (exact) mass is 240 g/mol. The molecule has 0 N–H and O–H groups in total. The normalized spacial score (nSPS) is 12.0. The van der Waals surface area contributed by atoms with E-state index in [1.807, 2.05) is 0 Å². The Bertz CT molecular complexity index is 83.8. The van der Waals surface area contributed by atoms with Crippen LogP contribution in [0, 0.1) is 0 Å². The molecule has 0 saturated heterocycles. The maximum Gasteiger partial charge on any atom is 0.343 e. The molecule has 0 rings (SSSR count). The molecule has 0 aliphatic heterocycles. The number of rotatable bonds is 5. The lowest BCUT2D eigenvalue weighted by Crippen LogP contribution is -2.13. The molecule has 0 aliphatic carbocycles. The fraction of sp³-hybridized carbons (Fsp3) is 1.00. The van der Waals surface area contributed by atoms with E-state index in [1.54, 1.807) is 0 Å². The molecule has 0 bridgehead atoms. The zero-order valence-corrected chi connectivity index (χ0v) is 9.27. The van der Waals surface area contributed by atoms with Crippen molar-refractivity contribution in [3.8, 4) is 0 Å². The van der Waals surface area contributed by atoms with E-state index in [1.165, 1.54) is 0 Å². The molecule has 0 aromatic rings. The van der Waals surface area contributed by atoms with Crippen molar-refractivity contribution in [1.29, 1.82) is 0 Å². The van der Waals surface area contributed by atoms with Gasteiger partial charge in [0.1, 0.15) is 0 Å². The molecule has 0 saturated carbocycles. The molecule has 0 unspecified atom stereocenters. The lowest BCUT2D eigenvalue weighted by Gasteiger charge is -2.06. The third-order valence-electron chi connectivity index (χ3n) is 0.751. The van der Waals surface area contributed by atoms with Gasteiger partial charge in [0.2, 0.25) is 0 Å². The van der Waals surface area contributed by atoms with Crippen LogP contribution in [0.15, 0.2) is 0 Å². The van der Waals surface area contributed by atoms with Gasteiger partial charge in [-0.15, -0.1) is 44.8 Å². The van der Waals surface area contributed by atoms with E-state index >= 15 is 0 Å². The molecule has 0 amide bonds. The van der Waals surface area contributed by atoms with Crippen LogP contribution in [0.3, 0.4) is 0 Å². The minimum Gasteiger partial charge on any atom is -0.380 e. The molecule has 0 atom stereocenters. The van der Waals surface area contributed by atoms with Gasteiger partial charge in [0, 0.05) is 18.5 Å². The van der Waals surface area contributed by atoms with Crippen LogP contribution in [0.25, 0.3) is 0 Å². The summed E-state index contributed by atoms with van der Waals surface area (Å²) in [4.78, 5) is 0. The average molecular weight is 242 g/mol. The van der Waals surface area contributed by atoms with Crippen molar-refractivity contribution < 1.29 is 4.74 Å². The van der Waals surface area contributed by atoms with Crippen molar-refractivity contribution in [3.05, 3.63) is 0 Å². The molecule has 1 nitrogen and oxygen atoms in total. The maximum atomic E-state index is 5.57. The Morgan fingerprint density at radius 1 is 1.10 bits per heavy atom. The second-order valence-electron chi connectivity index (χ2n) is 1.67. The first-order valence-electron chi connectivity index (χ1n) is 2.77. The fourth-order valence-corrected chi connectivity index (χ4v) is 1.52. The van der Waals surface area contributed by atoms with Crippen molar-refractivity contribution in [2.24, 2.45) is 0 Å². The van der Waals surface area contributed by atoms with E-state index in [2.05, 4.69) is 0 Å². The summed E-state index contributed by atoms with van der Waals surface area (Å²) in [6, 6.07) is -1.92. The number of hydrogen-bond donors (Lipinski definition) is 0. The minimum absolute atomic E-state index is 0.488. The standard InChI is InChI=1S/C4H8Cl4OSi/c5-1-2-9-3-4-10(6,7)8/h1-4H2. The van der Waals surface area contributed by atoms with E-state index in [9.17, 15) is 0 Å². The van der Waals surface area contributed by atoms with Crippen molar-refractivity contribution in [2.45, 2.75) is 6.04 Å². The zero-order chi connectivity index (χ0) is 8.04. The molecule has 0 fully saturated rings. The highest BCUT2D eigenvalue weighted by Crippen LogP contribution is 2.24. The quantitative estimate of drug-likeness (QED) is 0.311. The van der Waals surface area contributed by atoms with E-state index < -0.39 is 6.00 Å². The highest BCUT2D eigenvalue weighted by atomic mass is 35.8. The molecule has 0 aromatic heterocycles. The topological polar surface area (TPSA) is 9.23 Å². The highest BCUT2D eigenvalue weighted by Gasteiger charge is 2.23. The van der Waals surface area contributed by atoms with Crippen LogP contribution < -0.4 is 0 Å². The predicted molar refractivity (Wildman–Crippen MR) is 49.7 cm³/mol. The van der Waals surface area contributed by atoms with Crippen LogP contribution in [0.5, 0.6) is 0 Å². The third-order valence-corrected chi connectivity index (χ3v) is 3.38. The van der Waals surface area contributed by atoms with Gasteiger partial charge in [-0.2, -0.15) is 0 Å². The van der Waals surface area contributed by atoms with E-state index in [0.29, 0.717) is 25.1 Å².